The summed E-state index contributed by atoms with van der Waals surface area (Å²) >= 11 is 0. The van der Waals surface area contributed by atoms with Crippen molar-refractivity contribution in [3.8, 4) is 51.0 Å². The molecule has 0 saturated heterocycles. The average molecular weight is 741 g/mol. The molecule has 12 aromatic rings. The van der Waals surface area contributed by atoms with Crippen LogP contribution in [0, 0.1) is 0 Å². The Morgan fingerprint density at radius 2 is 0.948 bits per heavy atom. The Hall–Kier alpha value is -7.89. The third kappa shape index (κ3) is 5.07. The van der Waals surface area contributed by atoms with E-state index >= 15 is 0 Å². The molecule has 0 aliphatic carbocycles. The summed E-state index contributed by atoms with van der Waals surface area (Å²) < 4.78 is 9.17. The molecule has 3 heterocycles. The van der Waals surface area contributed by atoms with Crippen LogP contribution in [-0.4, -0.2) is 19.5 Å². The number of fused-ring (bicyclic) bond motifs is 9. The molecular formula is C53H32N4O. The van der Waals surface area contributed by atoms with Gasteiger partial charge in [-0.1, -0.05) is 152 Å². The minimum absolute atomic E-state index is 0.599. The normalized spacial score (nSPS) is 11.8. The van der Waals surface area contributed by atoms with Crippen LogP contribution in [0.3, 0.4) is 0 Å². The molecule has 12 rings (SSSR count). The van der Waals surface area contributed by atoms with E-state index in [1.54, 1.807) is 0 Å². The van der Waals surface area contributed by atoms with Crippen LogP contribution in [0.25, 0.3) is 116 Å². The SMILES string of the molecule is c1ccc(-c2nc(-c3ccc4oc5cc(-n6c7ccccc7c7cc8ccccc8cc76)c6ccccc6c5c4c3)nc(-c3ccccc3-c3ccccc3)n2)cc1. The Balaban J connectivity index is 1.08. The van der Waals surface area contributed by atoms with Crippen LogP contribution in [0.4, 0.5) is 0 Å². The topological polar surface area (TPSA) is 56.7 Å². The van der Waals surface area contributed by atoms with Gasteiger partial charge in [-0.2, -0.15) is 0 Å². The van der Waals surface area contributed by atoms with E-state index in [-0.39, 0.29) is 0 Å². The highest BCUT2D eigenvalue weighted by atomic mass is 16.3. The molecule has 9 aromatic carbocycles. The summed E-state index contributed by atoms with van der Waals surface area (Å²) in [5.74, 6) is 1.84. The van der Waals surface area contributed by atoms with E-state index in [0.29, 0.717) is 17.5 Å². The molecule has 0 atom stereocenters. The maximum absolute atomic E-state index is 6.77. The van der Waals surface area contributed by atoms with E-state index < -0.39 is 0 Å². The molecule has 0 aliphatic heterocycles. The lowest BCUT2D eigenvalue weighted by Crippen LogP contribution is -2.01. The molecule has 0 aliphatic rings. The monoisotopic (exact) mass is 740 g/mol. The molecule has 0 unspecified atom stereocenters. The number of benzene rings is 9. The first-order valence-corrected chi connectivity index (χ1v) is 19.5. The zero-order chi connectivity index (χ0) is 38.2. The third-order valence-electron chi connectivity index (χ3n) is 11.4. The van der Waals surface area contributed by atoms with Crippen molar-refractivity contribution in [3.63, 3.8) is 0 Å². The van der Waals surface area contributed by atoms with Crippen molar-refractivity contribution in [1.29, 1.82) is 0 Å². The Bertz CT molecular complexity index is 3570. The number of nitrogens with zero attached hydrogens (tertiary/aromatic N) is 4. The lowest BCUT2D eigenvalue weighted by Gasteiger charge is -2.13. The molecule has 0 radical (unpaired) electrons. The van der Waals surface area contributed by atoms with Gasteiger partial charge in [0.15, 0.2) is 17.5 Å². The van der Waals surface area contributed by atoms with Crippen LogP contribution in [0.15, 0.2) is 199 Å². The van der Waals surface area contributed by atoms with Gasteiger partial charge in [-0.15, -0.1) is 0 Å². The van der Waals surface area contributed by atoms with Gasteiger partial charge in [0.05, 0.1) is 16.7 Å². The number of para-hydroxylation sites is 1. The second-order valence-electron chi connectivity index (χ2n) is 14.8. The van der Waals surface area contributed by atoms with Gasteiger partial charge < -0.3 is 8.98 Å². The molecule has 5 heteroatoms. The summed E-state index contributed by atoms with van der Waals surface area (Å²) in [5.41, 5.74) is 9.96. The second-order valence-corrected chi connectivity index (χ2v) is 14.8. The number of hydrogen-bond acceptors (Lipinski definition) is 4. The summed E-state index contributed by atoms with van der Waals surface area (Å²) in [4.78, 5) is 15.4. The van der Waals surface area contributed by atoms with Crippen LogP contribution in [0.5, 0.6) is 0 Å². The molecule has 0 N–H and O–H groups in total. The van der Waals surface area contributed by atoms with Gasteiger partial charge in [-0.05, 0) is 63.7 Å². The third-order valence-corrected chi connectivity index (χ3v) is 11.4. The standard InChI is InChI=1S/C53H32N4O/c1-3-15-33(16-4-1)38-21-9-12-25-42(38)53-55-51(34-17-5-2-6-18-34)54-52(56-53)37-27-28-48-44(30-37)50-41-24-11-10-22-39(41)47(32-49(50)58-48)57-45-26-14-13-23-40(45)43-29-35-19-7-8-20-36(35)31-46(43)57/h1-32H. The second kappa shape index (κ2) is 12.8. The summed E-state index contributed by atoms with van der Waals surface area (Å²) in [7, 11) is 0. The van der Waals surface area contributed by atoms with Crippen molar-refractivity contribution >= 4 is 65.3 Å². The Labute approximate surface area is 333 Å². The largest absolute Gasteiger partial charge is 0.456 e. The molecule has 0 saturated carbocycles. The van der Waals surface area contributed by atoms with Crippen molar-refractivity contribution in [2.45, 2.75) is 0 Å². The van der Waals surface area contributed by atoms with Gasteiger partial charge >= 0.3 is 0 Å². The molecule has 3 aromatic heterocycles. The molecule has 0 fully saturated rings. The minimum atomic E-state index is 0.599. The van der Waals surface area contributed by atoms with Gasteiger partial charge in [0.2, 0.25) is 0 Å². The molecule has 0 spiro atoms. The van der Waals surface area contributed by atoms with Crippen molar-refractivity contribution in [2.75, 3.05) is 0 Å². The highest BCUT2D eigenvalue weighted by Crippen LogP contribution is 2.43. The van der Waals surface area contributed by atoms with Crippen molar-refractivity contribution in [2.24, 2.45) is 0 Å². The van der Waals surface area contributed by atoms with Crippen molar-refractivity contribution < 1.29 is 4.42 Å². The summed E-state index contributed by atoms with van der Waals surface area (Å²) in [6, 6.07) is 67.9. The predicted molar refractivity (Wildman–Crippen MR) is 238 cm³/mol. The van der Waals surface area contributed by atoms with Crippen LogP contribution in [-0.2, 0) is 0 Å². The summed E-state index contributed by atoms with van der Waals surface area (Å²) in [6.07, 6.45) is 0. The van der Waals surface area contributed by atoms with Crippen molar-refractivity contribution in [1.82, 2.24) is 19.5 Å². The highest BCUT2D eigenvalue weighted by Gasteiger charge is 2.21. The van der Waals surface area contributed by atoms with Crippen LogP contribution in [0.2, 0.25) is 0 Å². The minimum Gasteiger partial charge on any atom is -0.456 e. The molecular weight excluding hydrogens is 709 g/mol. The first kappa shape index (κ1) is 32.4. The maximum atomic E-state index is 6.77. The zero-order valence-corrected chi connectivity index (χ0v) is 31.2. The van der Waals surface area contributed by atoms with Crippen LogP contribution < -0.4 is 0 Å². The number of hydrogen-bond donors (Lipinski definition) is 0. The molecule has 0 amide bonds. The van der Waals surface area contributed by atoms with E-state index in [2.05, 4.69) is 156 Å². The smallest absolute Gasteiger partial charge is 0.164 e. The van der Waals surface area contributed by atoms with E-state index in [4.69, 9.17) is 19.4 Å². The average Bonchev–Trinajstić information content (AvgIpc) is 3.83. The van der Waals surface area contributed by atoms with Crippen molar-refractivity contribution in [3.05, 3.63) is 194 Å². The Morgan fingerprint density at radius 1 is 0.345 bits per heavy atom. The van der Waals surface area contributed by atoms with Gasteiger partial charge in [-0.25, -0.2) is 15.0 Å². The van der Waals surface area contributed by atoms with Gasteiger partial charge in [-0.3, -0.25) is 0 Å². The fourth-order valence-electron chi connectivity index (χ4n) is 8.75. The predicted octanol–water partition coefficient (Wildman–Crippen LogP) is 13.8. The van der Waals surface area contributed by atoms with Gasteiger partial charge in [0.1, 0.15) is 11.2 Å². The fraction of sp³-hybridized carbons (Fsp3) is 0. The molecule has 270 valence electrons. The lowest BCUT2D eigenvalue weighted by molar-refractivity contribution is 0.669. The van der Waals surface area contributed by atoms with E-state index in [0.717, 1.165) is 77.2 Å². The van der Waals surface area contributed by atoms with E-state index in [9.17, 15) is 0 Å². The molecule has 5 nitrogen and oxygen atoms in total. The lowest BCUT2D eigenvalue weighted by atomic mass is 9.99. The first-order valence-electron chi connectivity index (χ1n) is 19.5. The van der Waals surface area contributed by atoms with Gasteiger partial charge in [0, 0.05) is 49.7 Å². The number of furan rings is 1. The summed E-state index contributed by atoms with van der Waals surface area (Å²) in [6.45, 7) is 0. The summed E-state index contributed by atoms with van der Waals surface area (Å²) in [5, 5.41) is 9.23. The van der Waals surface area contributed by atoms with E-state index in [1.807, 2.05) is 42.5 Å². The fourth-order valence-corrected chi connectivity index (χ4v) is 8.75. The highest BCUT2D eigenvalue weighted by molar-refractivity contribution is 6.22. The maximum Gasteiger partial charge on any atom is 0.164 e. The van der Waals surface area contributed by atoms with Crippen LogP contribution in [0.1, 0.15) is 0 Å². The zero-order valence-electron chi connectivity index (χ0n) is 31.2. The Kier molecular flexibility index (Phi) is 7.16. The first-order chi connectivity index (χ1) is 28.7. The number of aromatic nitrogens is 4. The Morgan fingerprint density at radius 3 is 1.74 bits per heavy atom. The molecule has 0 bridgehead atoms. The molecule has 58 heavy (non-hydrogen) atoms. The van der Waals surface area contributed by atoms with Crippen LogP contribution >= 0.6 is 0 Å². The van der Waals surface area contributed by atoms with Gasteiger partial charge in [0.25, 0.3) is 0 Å². The number of rotatable bonds is 5. The van der Waals surface area contributed by atoms with E-state index in [1.165, 1.54) is 21.5 Å². The quantitative estimate of drug-likeness (QED) is 0.176.